The van der Waals surface area contributed by atoms with Crippen LogP contribution < -0.4 is 14.2 Å². The van der Waals surface area contributed by atoms with Gasteiger partial charge in [0.2, 0.25) is 0 Å². The standard InChI is InChI=1S/C27H25BrN2O4/c1-32-22-8-17(13-28)7-18(9-22)16-34-26-12-24-23(11-25(26)33-2)27(31)30-15-20-6-4-3-5-19(20)10-21(30)14-29-24/h3-9,11-12,14,21H,10,13,15-16H2,1-2H3/t21-/m0/s1. The Balaban J connectivity index is 1.44. The first kappa shape index (κ1) is 22.5. The minimum atomic E-state index is -0.0791. The molecule has 0 bridgehead atoms. The first-order valence-electron chi connectivity index (χ1n) is 11.1. The highest BCUT2D eigenvalue weighted by Crippen LogP contribution is 2.38. The SMILES string of the molecule is COc1cc(CBr)cc(COc2cc3c(cc2OC)C(=O)N2Cc4ccccc4C[C@H]2C=N3)c1. The van der Waals surface area contributed by atoms with Crippen LogP contribution in [-0.4, -0.2) is 37.3 Å². The Morgan fingerprint density at radius 1 is 1.00 bits per heavy atom. The van der Waals surface area contributed by atoms with E-state index < -0.39 is 0 Å². The molecule has 3 aromatic carbocycles. The second-order valence-corrected chi connectivity index (χ2v) is 8.94. The van der Waals surface area contributed by atoms with Gasteiger partial charge in [-0.2, -0.15) is 0 Å². The summed E-state index contributed by atoms with van der Waals surface area (Å²) < 4.78 is 17.1. The van der Waals surface area contributed by atoms with Crippen molar-refractivity contribution in [3.63, 3.8) is 0 Å². The zero-order chi connectivity index (χ0) is 23.7. The van der Waals surface area contributed by atoms with Crippen LogP contribution in [0.3, 0.4) is 0 Å². The van der Waals surface area contributed by atoms with E-state index in [1.165, 1.54) is 11.1 Å². The Labute approximate surface area is 207 Å². The van der Waals surface area contributed by atoms with Gasteiger partial charge in [-0.05, 0) is 46.9 Å². The van der Waals surface area contributed by atoms with Gasteiger partial charge < -0.3 is 19.1 Å². The average molecular weight is 521 g/mol. The third-order valence-electron chi connectivity index (χ3n) is 6.26. The fourth-order valence-corrected chi connectivity index (χ4v) is 4.82. The van der Waals surface area contributed by atoms with Gasteiger partial charge in [0, 0.05) is 24.2 Å². The molecule has 174 valence electrons. The normalized spacial score (nSPS) is 16.3. The van der Waals surface area contributed by atoms with Gasteiger partial charge in [0.1, 0.15) is 12.4 Å². The fourth-order valence-electron chi connectivity index (χ4n) is 4.49. The quantitative estimate of drug-likeness (QED) is 0.405. The van der Waals surface area contributed by atoms with Crippen molar-refractivity contribution in [3.8, 4) is 17.2 Å². The number of hydrogen-bond acceptors (Lipinski definition) is 5. The van der Waals surface area contributed by atoms with Crippen LogP contribution in [0.25, 0.3) is 0 Å². The molecular weight excluding hydrogens is 496 g/mol. The minimum Gasteiger partial charge on any atom is -0.497 e. The smallest absolute Gasteiger partial charge is 0.257 e. The summed E-state index contributed by atoms with van der Waals surface area (Å²) in [5.41, 5.74) is 5.62. The van der Waals surface area contributed by atoms with Crippen molar-refractivity contribution in [1.82, 2.24) is 4.90 Å². The van der Waals surface area contributed by atoms with E-state index >= 15 is 0 Å². The molecule has 7 heteroatoms. The number of halogens is 1. The maximum absolute atomic E-state index is 13.5. The predicted octanol–water partition coefficient (Wildman–Crippen LogP) is 5.46. The molecule has 5 rings (SSSR count). The number of rotatable bonds is 6. The average Bonchev–Trinajstić information content (AvgIpc) is 3.01. The van der Waals surface area contributed by atoms with Crippen molar-refractivity contribution in [3.05, 3.63) is 82.4 Å². The van der Waals surface area contributed by atoms with Crippen molar-refractivity contribution in [2.45, 2.75) is 30.9 Å². The summed E-state index contributed by atoms with van der Waals surface area (Å²) >= 11 is 3.50. The van der Waals surface area contributed by atoms with Gasteiger partial charge >= 0.3 is 0 Å². The third-order valence-corrected chi connectivity index (χ3v) is 6.91. The van der Waals surface area contributed by atoms with E-state index in [9.17, 15) is 4.79 Å². The van der Waals surface area contributed by atoms with Gasteiger partial charge in [-0.25, -0.2) is 0 Å². The van der Waals surface area contributed by atoms with Gasteiger partial charge in [-0.1, -0.05) is 46.3 Å². The lowest BCUT2D eigenvalue weighted by Crippen LogP contribution is -2.44. The molecule has 0 aromatic heterocycles. The van der Waals surface area contributed by atoms with Crippen molar-refractivity contribution in [2.75, 3.05) is 14.2 Å². The highest BCUT2D eigenvalue weighted by Gasteiger charge is 2.33. The summed E-state index contributed by atoms with van der Waals surface area (Å²) in [5.74, 6) is 1.77. The molecule has 2 heterocycles. The second kappa shape index (κ2) is 9.50. The Bertz CT molecular complexity index is 1250. The molecule has 0 saturated carbocycles. The molecule has 0 N–H and O–H groups in total. The van der Waals surface area contributed by atoms with E-state index in [1.807, 2.05) is 35.4 Å². The third kappa shape index (κ3) is 4.28. The topological polar surface area (TPSA) is 60.4 Å². The fraction of sp³-hybridized carbons (Fsp3) is 0.259. The van der Waals surface area contributed by atoms with Crippen LogP contribution in [0.1, 0.15) is 32.6 Å². The number of carbonyl (C=O) groups is 1. The molecular formula is C27H25BrN2O4. The molecule has 2 aliphatic heterocycles. The van der Waals surface area contributed by atoms with Gasteiger partial charge in [0.05, 0.1) is 31.5 Å². The monoisotopic (exact) mass is 520 g/mol. The molecule has 0 unspecified atom stereocenters. The lowest BCUT2D eigenvalue weighted by Gasteiger charge is -2.34. The van der Waals surface area contributed by atoms with Crippen LogP contribution in [0.2, 0.25) is 0 Å². The number of fused-ring (bicyclic) bond motifs is 3. The first-order valence-corrected chi connectivity index (χ1v) is 12.2. The maximum Gasteiger partial charge on any atom is 0.257 e. The lowest BCUT2D eigenvalue weighted by molar-refractivity contribution is 0.0703. The molecule has 34 heavy (non-hydrogen) atoms. The van der Waals surface area contributed by atoms with Crippen LogP contribution in [0.4, 0.5) is 5.69 Å². The highest BCUT2D eigenvalue weighted by molar-refractivity contribution is 9.08. The molecule has 6 nitrogen and oxygen atoms in total. The van der Waals surface area contributed by atoms with Crippen molar-refractivity contribution in [1.29, 1.82) is 0 Å². The van der Waals surface area contributed by atoms with Crippen molar-refractivity contribution >= 4 is 33.7 Å². The number of methoxy groups -OCH3 is 2. The van der Waals surface area contributed by atoms with E-state index in [1.54, 1.807) is 26.4 Å². The maximum atomic E-state index is 13.5. The van der Waals surface area contributed by atoms with Crippen molar-refractivity contribution in [2.24, 2.45) is 4.99 Å². The van der Waals surface area contributed by atoms with E-state index in [4.69, 9.17) is 19.2 Å². The number of benzene rings is 3. The van der Waals surface area contributed by atoms with Gasteiger partial charge in [0.15, 0.2) is 11.5 Å². The van der Waals surface area contributed by atoms with E-state index in [0.717, 1.165) is 28.6 Å². The molecule has 0 radical (unpaired) electrons. The number of carbonyl (C=O) groups excluding carboxylic acids is 1. The first-order chi connectivity index (χ1) is 16.6. The van der Waals surface area contributed by atoms with Crippen LogP contribution in [0.5, 0.6) is 17.2 Å². The van der Waals surface area contributed by atoms with Crippen molar-refractivity contribution < 1.29 is 19.0 Å². The molecule has 0 saturated heterocycles. The number of amides is 1. The van der Waals surface area contributed by atoms with Crippen LogP contribution in [-0.2, 0) is 24.9 Å². The number of alkyl halides is 1. The summed E-state index contributed by atoms with van der Waals surface area (Å²) in [6.45, 7) is 0.894. The summed E-state index contributed by atoms with van der Waals surface area (Å²) in [4.78, 5) is 20.1. The largest absolute Gasteiger partial charge is 0.497 e. The number of hydrogen-bond donors (Lipinski definition) is 0. The molecule has 1 amide bonds. The predicted molar refractivity (Wildman–Crippen MR) is 135 cm³/mol. The second-order valence-electron chi connectivity index (χ2n) is 8.38. The summed E-state index contributed by atoms with van der Waals surface area (Å²) in [7, 11) is 3.22. The number of nitrogens with zero attached hydrogens (tertiary/aromatic N) is 2. The zero-order valence-corrected chi connectivity index (χ0v) is 20.7. The Kier molecular flexibility index (Phi) is 6.28. The van der Waals surface area contributed by atoms with Gasteiger partial charge in [0.25, 0.3) is 5.91 Å². The lowest BCUT2D eigenvalue weighted by atomic mass is 9.94. The molecule has 1 atom stereocenters. The summed E-state index contributed by atoms with van der Waals surface area (Å²) in [5, 5.41) is 0.720. The molecule has 2 aliphatic rings. The highest BCUT2D eigenvalue weighted by atomic mass is 79.9. The summed E-state index contributed by atoms with van der Waals surface area (Å²) in [6.07, 6.45) is 2.63. The molecule has 0 fully saturated rings. The molecule has 0 aliphatic carbocycles. The Morgan fingerprint density at radius 3 is 2.56 bits per heavy atom. The molecule has 3 aromatic rings. The van der Waals surface area contributed by atoms with Gasteiger partial charge in [-0.15, -0.1) is 0 Å². The van der Waals surface area contributed by atoms with Crippen LogP contribution in [0, 0.1) is 0 Å². The zero-order valence-electron chi connectivity index (χ0n) is 19.1. The summed E-state index contributed by atoms with van der Waals surface area (Å²) in [6, 6.07) is 17.7. The van der Waals surface area contributed by atoms with Gasteiger partial charge in [-0.3, -0.25) is 9.79 Å². The van der Waals surface area contributed by atoms with E-state index in [0.29, 0.717) is 35.9 Å². The minimum absolute atomic E-state index is 0.0494. The number of aliphatic imine (C=N–C) groups is 1. The Morgan fingerprint density at radius 2 is 1.79 bits per heavy atom. The number of ether oxygens (including phenoxy) is 3. The van der Waals surface area contributed by atoms with E-state index in [2.05, 4.69) is 34.1 Å². The van der Waals surface area contributed by atoms with Crippen LogP contribution >= 0.6 is 15.9 Å². The van der Waals surface area contributed by atoms with Crippen LogP contribution in [0.15, 0.2) is 59.6 Å². The Hall–Kier alpha value is -3.32. The van der Waals surface area contributed by atoms with E-state index in [-0.39, 0.29) is 11.9 Å². The molecule has 0 spiro atoms.